The summed E-state index contributed by atoms with van der Waals surface area (Å²) in [6.07, 6.45) is 5.92. The Bertz CT molecular complexity index is 536. The smallest absolute Gasteiger partial charge is 0.222 e. The molecule has 7 heteroatoms. The van der Waals surface area contributed by atoms with Gasteiger partial charge in [0.15, 0.2) is 0 Å². The molecule has 0 aliphatic carbocycles. The minimum atomic E-state index is 0.269. The normalized spacial score (nSPS) is 24.4. The lowest BCUT2D eigenvalue weighted by atomic mass is 9.99. The lowest BCUT2D eigenvalue weighted by Gasteiger charge is -2.34. The number of hydrogen-bond donors (Lipinski definition) is 1. The molecule has 0 saturated carbocycles. The van der Waals surface area contributed by atoms with Crippen LogP contribution in [0.1, 0.15) is 26.2 Å². The Balaban J connectivity index is 1.42. The summed E-state index contributed by atoms with van der Waals surface area (Å²) in [5, 5.41) is 3.16. The van der Waals surface area contributed by atoms with Crippen LogP contribution in [0.3, 0.4) is 0 Å². The summed E-state index contributed by atoms with van der Waals surface area (Å²) in [6, 6.07) is 2.28. The van der Waals surface area contributed by atoms with Crippen LogP contribution in [0.25, 0.3) is 0 Å². The topological polar surface area (TPSA) is 70.6 Å². The molecular formula is C18H29N5O2. The quantitative estimate of drug-likeness (QED) is 0.749. The van der Waals surface area contributed by atoms with Crippen molar-refractivity contribution in [3.63, 3.8) is 0 Å². The van der Waals surface area contributed by atoms with Crippen molar-refractivity contribution in [2.45, 2.75) is 32.2 Å². The summed E-state index contributed by atoms with van der Waals surface area (Å²) in [4.78, 5) is 25.4. The fourth-order valence-electron chi connectivity index (χ4n) is 3.77. The molecular weight excluding hydrogens is 318 g/mol. The van der Waals surface area contributed by atoms with E-state index in [1.165, 1.54) is 0 Å². The summed E-state index contributed by atoms with van der Waals surface area (Å²) >= 11 is 0. The predicted octanol–water partition coefficient (Wildman–Crippen LogP) is 1.24. The number of ether oxygens (including phenoxy) is 1. The van der Waals surface area contributed by atoms with Gasteiger partial charge in [-0.25, -0.2) is 9.97 Å². The molecule has 1 N–H and O–H groups in total. The maximum Gasteiger partial charge on any atom is 0.222 e. The van der Waals surface area contributed by atoms with Gasteiger partial charge in [-0.3, -0.25) is 9.69 Å². The fraction of sp³-hybridized carbons (Fsp3) is 0.722. The van der Waals surface area contributed by atoms with E-state index in [1.807, 2.05) is 0 Å². The van der Waals surface area contributed by atoms with E-state index >= 15 is 0 Å². The minimum Gasteiger partial charge on any atom is -0.379 e. The van der Waals surface area contributed by atoms with Crippen LogP contribution < -0.4 is 5.32 Å². The molecule has 0 bridgehead atoms. The third-order valence-electron chi connectivity index (χ3n) is 5.21. The molecule has 2 saturated heterocycles. The van der Waals surface area contributed by atoms with Gasteiger partial charge < -0.3 is 15.0 Å². The van der Waals surface area contributed by atoms with E-state index in [-0.39, 0.29) is 5.91 Å². The van der Waals surface area contributed by atoms with Crippen molar-refractivity contribution in [2.24, 2.45) is 5.92 Å². The van der Waals surface area contributed by atoms with Gasteiger partial charge in [0.2, 0.25) is 11.9 Å². The molecule has 2 aliphatic heterocycles. The molecule has 1 aromatic heterocycles. The van der Waals surface area contributed by atoms with Crippen LogP contribution in [0.5, 0.6) is 0 Å². The molecule has 7 nitrogen and oxygen atoms in total. The number of hydrogen-bond acceptors (Lipinski definition) is 6. The Hall–Kier alpha value is -1.73. The third-order valence-corrected chi connectivity index (χ3v) is 5.21. The number of nitrogens with zero attached hydrogens (tertiary/aromatic N) is 4. The van der Waals surface area contributed by atoms with Crippen molar-refractivity contribution in [3.05, 3.63) is 18.5 Å². The number of rotatable bonds is 7. The number of nitrogens with one attached hydrogen (secondary N) is 1. The zero-order valence-electron chi connectivity index (χ0n) is 15.1. The summed E-state index contributed by atoms with van der Waals surface area (Å²) < 4.78 is 5.47. The lowest BCUT2D eigenvalue weighted by Crippen LogP contribution is -2.47. The Labute approximate surface area is 149 Å². The Kier molecular flexibility index (Phi) is 6.58. The predicted molar refractivity (Wildman–Crippen MR) is 96.3 cm³/mol. The van der Waals surface area contributed by atoms with E-state index in [9.17, 15) is 4.79 Å². The molecule has 2 unspecified atom stereocenters. The van der Waals surface area contributed by atoms with Gasteiger partial charge in [0, 0.05) is 57.6 Å². The maximum atomic E-state index is 12.6. The number of anilines is 1. The molecule has 1 amide bonds. The van der Waals surface area contributed by atoms with Crippen molar-refractivity contribution in [2.75, 3.05) is 51.3 Å². The van der Waals surface area contributed by atoms with Gasteiger partial charge in [-0.1, -0.05) is 13.3 Å². The molecule has 0 aromatic carbocycles. The van der Waals surface area contributed by atoms with Crippen molar-refractivity contribution < 1.29 is 9.53 Å². The molecule has 2 fully saturated rings. The molecule has 0 radical (unpaired) electrons. The van der Waals surface area contributed by atoms with Crippen LogP contribution in [0.15, 0.2) is 18.5 Å². The molecule has 3 heterocycles. The van der Waals surface area contributed by atoms with Crippen LogP contribution in [-0.2, 0) is 9.53 Å². The Morgan fingerprint density at radius 1 is 1.28 bits per heavy atom. The van der Waals surface area contributed by atoms with Crippen molar-refractivity contribution in [3.8, 4) is 0 Å². The molecule has 0 spiro atoms. The summed E-state index contributed by atoms with van der Waals surface area (Å²) in [6.45, 7) is 8.32. The second-order valence-electron chi connectivity index (χ2n) is 6.79. The SMILES string of the molecule is CCC1CN(C(=O)CCCNc2ncccn2)CC1N1CCOCC1. The Morgan fingerprint density at radius 2 is 2.04 bits per heavy atom. The zero-order valence-corrected chi connectivity index (χ0v) is 15.1. The van der Waals surface area contributed by atoms with Crippen molar-refractivity contribution in [1.29, 1.82) is 0 Å². The van der Waals surface area contributed by atoms with Crippen LogP contribution in [-0.4, -0.2) is 77.7 Å². The first-order valence-electron chi connectivity index (χ1n) is 9.38. The average Bonchev–Trinajstić information content (AvgIpc) is 3.11. The highest BCUT2D eigenvalue weighted by Gasteiger charge is 2.37. The first kappa shape index (κ1) is 18.1. The highest BCUT2D eigenvalue weighted by molar-refractivity contribution is 5.76. The highest BCUT2D eigenvalue weighted by Crippen LogP contribution is 2.26. The average molecular weight is 347 g/mol. The molecule has 3 rings (SSSR count). The van der Waals surface area contributed by atoms with E-state index < -0.39 is 0 Å². The van der Waals surface area contributed by atoms with E-state index in [2.05, 4.69) is 32.0 Å². The standard InChI is InChI=1S/C18H29N5O2/c1-2-15-13-23(14-16(15)22-9-11-25-12-10-22)17(24)5-3-6-19-18-20-7-4-8-21-18/h4,7-8,15-16H,2-3,5-6,9-14H2,1H3,(H,19,20,21). The summed E-state index contributed by atoms with van der Waals surface area (Å²) in [5.41, 5.74) is 0. The van der Waals surface area contributed by atoms with Gasteiger partial charge in [0.25, 0.3) is 0 Å². The molecule has 138 valence electrons. The second-order valence-corrected chi connectivity index (χ2v) is 6.79. The van der Waals surface area contributed by atoms with Crippen molar-refractivity contribution in [1.82, 2.24) is 19.8 Å². The molecule has 2 atom stereocenters. The van der Waals surface area contributed by atoms with Crippen LogP contribution >= 0.6 is 0 Å². The summed E-state index contributed by atoms with van der Waals surface area (Å²) in [7, 11) is 0. The van der Waals surface area contributed by atoms with Gasteiger partial charge in [-0.15, -0.1) is 0 Å². The summed E-state index contributed by atoms with van der Waals surface area (Å²) in [5.74, 6) is 1.47. The number of morpholine rings is 1. The lowest BCUT2D eigenvalue weighted by molar-refractivity contribution is -0.130. The number of aromatic nitrogens is 2. The number of likely N-dealkylation sites (tertiary alicyclic amines) is 1. The minimum absolute atomic E-state index is 0.269. The van der Waals surface area contributed by atoms with Gasteiger partial charge in [0.1, 0.15) is 0 Å². The number of carbonyl (C=O) groups is 1. The highest BCUT2D eigenvalue weighted by atomic mass is 16.5. The largest absolute Gasteiger partial charge is 0.379 e. The third kappa shape index (κ3) is 4.89. The monoisotopic (exact) mass is 347 g/mol. The van der Waals surface area contributed by atoms with Gasteiger partial charge in [-0.05, 0) is 18.4 Å². The van der Waals surface area contributed by atoms with Gasteiger partial charge in [-0.2, -0.15) is 0 Å². The van der Waals surface area contributed by atoms with Gasteiger partial charge >= 0.3 is 0 Å². The van der Waals surface area contributed by atoms with E-state index in [0.29, 0.717) is 30.9 Å². The maximum absolute atomic E-state index is 12.6. The molecule has 1 aromatic rings. The zero-order chi connectivity index (χ0) is 17.5. The van der Waals surface area contributed by atoms with Crippen molar-refractivity contribution >= 4 is 11.9 Å². The second kappa shape index (κ2) is 9.10. The molecule has 25 heavy (non-hydrogen) atoms. The fourth-order valence-corrected chi connectivity index (χ4v) is 3.77. The van der Waals surface area contributed by atoms with Crippen LogP contribution in [0.2, 0.25) is 0 Å². The molecule has 2 aliphatic rings. The van der Waals surface area contributed by atoms with Crippen LogP contribution in [0, 0.1) is 5.92 Å². The number of carbonyl (C=O) groups excluding carboxylic acids is 1. The van der Waals surface area contributed by atoms with E-state index in [1.54, 1.807) is 18.5 Å². The Morgan fingerprint density at radius 3 is 2.76 bits per heavy atom. The first-order chi connectivity index (χ1) is 12.3. The first-order valence-corrected chi connectivity index (χ1v) is 9.38. The van der Waals surface area contributed by atoms with E-state index in [0.717, 1.165) is 52.2 Å². The van der Waals surface area contributed by atoms with Crippen LogP contribution in [0.4, 0.5) is 5.95 Å². The van der Waals surface area contributed by atoms with E-state index in [4.69, 9.17) is 4.74 Å². The van der Waals surface area contributed by atoms with Gasteiger partial charge in [0.05, 0.1) is 13.2 Å². The number of amides is 1.